The van der Waals surface area contributed by atoms with Crippen LogP contribution >= 0.6 is 0 Å². The molecular formula is C27H42N2O5. The fourth-order valence-electron chi connectivity index (χ4n) is 5.07. The third-order valence-electron chi connectivity index (χ3n) is 6.46. The highest BCUT2D eigenvalue weighted by Gasteiger charge is 2.47. The zero-order valence-electron chi connectivity index (χ0n) is 21.8. The van der Waals surface area contributed by atoms with Crippen LogP contribution in [0.4, 0.5) is 0 Å². The number of nitrogens with one attached hydrogen (secondary N) is 1. The number of ether oxygens (including phenoxy) is 2. The molecule has 1 heterocycles. The van der Waals surface area contributed by atoms with Gasteiger partial charge in [-0.1, -0.05) is 43.7 Å². The number of carbonyl (C=O) groups excluding carboxylic acids is 3. The van der Waals surface area contributed by atoms with Crippen LogP contribution in [0.2, 0.25) is 0 Å². The van der Waals surface area contributed by atoms with E-state index in [1.165, 1.54) is 14.0 Å². The van der Waals surface area contributed by atoms with Crippen LogP contribution in [0.5, 0.6) is 0 Å². The zero-order chi connectivity index (χ0) is 25.5. The molecular weight excluding hydrogens is 432 g/mol. The third kappa shape index (κ3) is 7.83. The Kier molecular flexibility index (Phi) is 10.1. The number of esters is 2. The lowest BCUT2D eigenvalue weighted by molar-refractivity contribution is -0.161. The lowest BCUT2D eigenvalue weighted by Crippen LogP contribution is -2.54. The molecule has 3 unspecified atom stereocenters. The molecule has 0 aromatic heterocycles. The molecule has 2 rings (SSSR count). The van der Waals surface area contributed by atoms with Gasteiger partial charge in [-0.3, -0.25) is 19.3 Å². The van der Waals surface area contributed by atoms with Crippen molar-refractivity contribution >= 4 is 17.8 Å². The van der Waals surface area contributed by atoms with Crippen LogP contribution in [0.3, 0.4) is 0 Å². The molecule has 1 N–H and O–H groups in total. The van der Waals surface area contributed by atoms with E-state index in [1.54, 1.807) is 0 Å². The van der Waals surface area contributed by atoms with E-state index < -0.39 is 17.6 Å². The monoisotopic (exact) mass is 474 g/mol. The highest BCUT2D eigenvalue weighted by atomic mass is 16.6. The summed E-state index contributed by atoms with van der Waals surface area (Å²) < 4.78 is 10.8. The molecule has 0 aliphatic carbocycles. The normalized spacial score (nSPS) is 21.4. The lowest BCUT2D eigenvalue weighted by Gasteiger charge is -2.41. The number of hydrogen-bond acceptors (Lipinski definition) is 6. The summed E-state index contributed by atoms with van der Waals surface area (Å²) in [4.78, 5) is 39.9. The third-order valence-corrected chi connectivity index (χ3v) is 6.46. The fourth-order valence-corrected chi connectivity index (χ4v) is 5.07. The first-order valence-electron chi connectivity index (χ1n) is 12.3. The average molecular weight is 475 g/mol. The van der Waals surface area contributed by atoms with Gasteiger partial charge in [-0.15, -0.1) is 0 Å². The van der Waals surface area contributed by atoms with E-state index in [2.05, 4.69) is 29.3 Å². The number of rotatable bonds is 10. The van der Waals surface area contributed by atoms with Crippen LogP contribution in [-0.4, -0.2) is 60.1 Å². The van der Waals surface area contributed by atoms with Crippen molar-refractivity contribution in [1.29, 1.82) is 0 Å². The van der Waals surface area contributed by atoms with E-state index in [4.69, 9.17) is 9.47 Å². The van der Waals surface area contributed by atoms with Crippen molar-refractivity contribution in [2.45, 2.75) is 91.0 Å². The summed E-state index contributed by atoms with van der Waals surface area (Å²) in [6.45, 7) is 11.6. The van der Waals surface area contributed by atoms with Gasteiger partial charge in [0.05, 0.1) is 13.0 Å². The Morgan fingerprint density at radius 2 is 1.79 bits per heavy atom. The predicted molar refractivity (Wildman–Crippen MR) is 132 cm³/mol. The molecule has 34 heavy (non-hydrogen) atoms. The Balaban J connectivity index is 2.50. The van der Waals surface area contributed by atoms with Crippen molar-refractivity contribution in [2.75, 3.05) is 13.7 Å². The number of hydrogen-bond donors (Lipinski definition) is 1. The summed E-state index contributed by atoms with van der Waals surface area (Å²) in [6, 6.07) is 9.43. The molecule has 1 aliphatic heterocycles. The average Bonchev–Trinajstić information content (AvgIpc) is 3.20. The zero-order valence-corrected chi connectivity index (χ0v) is 21.8. The number of nitrogens with zero attached hydrogens (tertiary/aromatic N) is 1. The Morgan fingerprint density at radius 3 is 2.32 bits per heavy atom. The van der Waals surface area contributed by atoms with Crippen LogP contribution in [0, 0.1) is 11.8 Å². The quantitative estimate of drug-likeness (QED) is 0.520. The van der Waals surface area contributed by atoms with E-state index in [0.29, 0.717) is 19.4 Å². The molecule has 7 heteroatoms. The van der Waals surface area contributed by atoms with Crippen molar-refractivity contribution in [1.82, 2.24) is 10.2 Å². The molecule has 0 spiro atoms. The first-order chi connectivity index (χ1) is 16.0. The smallest absolute Gasteiger partial charge is 0.323 e. The molecule has 1 aliphatic rings. The lowest BCUT2D eigenvalue weighted by atomic mass is 9.83. The van der Waals surface area contributed by atoms with Gasteiger partial charge in [0.1, 0.15) is 11.6 Å². The number of methoxy groups -OCH3 is 1. The molecule has 1 aromatic rings. The van der Waals surface area contributed by atoms with E-state index in [9.17, 15) is 14.4 Å². The molecule has 7 nitrogen and oxygen atoms in total. The maximum absolute atomic E-state index is 13.3. The van der Waals surface area contributed by atoms with E-state index in [0.717, 1.165) is 18.4 Å². The summed E-state index contributed by atoms with van der Waals surface area (Å²) in [7, 11) is 1.38. The first-order valence-corrected chi connectivity index (χ1v) is 12.3. The van der Waals surface area contributed by atoms with Gasteiger partial charge >= 0.3 is 11.9 Å². The highest BCUT2D eigenvalue weighted by molar-refractivity contribution is 5.80. The second-order valence-electron chi connectivity index (χ2n) is 10.4. The first kappa shape index (κ1) is 27.8. The largest absolute Gasteiger partial charge is 0.469 e. The van der Waals surface area contributed by atoms with Crippen LogP contribution in [0.25, 0.3) is 0 Å². The topological polar surface area (TPSA) is 84.9 Å². The molecule has 0 radical (unpaired) electrons. The summed E-state index contributed by atoms with van der Waals surface area (Å²) in [5.41, 5.74) is 0.515. The Hall–Kier alpha value is -2.41. The SMILES string of the molecule is CCC[C@@H](C(C)NC(C)=O)[C@H](Cc1ccccc1)N1CC(C(=O)OC)CC1C(=O)OC(C)(C)C. The maximum atomic E-state index is 13.3. The van der Waals surface area contributed by atoms with E-state index in [-0.39, 0.29) is 35.8 Å². The van der Waals surface area contributed by atoms with Gasteiger partial charge < -0.3 is 14.8 Å². The van der Waals surface area contributed by atoms with Crippen molar-refractivity contribution in [3.05, 3.63) is 35.9 Å². The molecule has 1 fully saturated rings. The second-order valence-corrected chi connectivity index (χ2v) is 10.4. The van der Waals surface area contributed by atoms with E-state index >= 15 is 0 Å². The molecule has 190 valence electrons. The van der Waals surface area contributed by atoms with Gasteiger partial charge in [0.15, 0.2) is 0 Å². The summed E-state index contributed by atoms with van der Waals surface area (Å²) in [6.07, 6.45) is 2.87. The molecule has 5 atom stereocenters. The highest BCUT2D eigenvalue weighted by Crippen LogP contribution is 2.34. The number of likely N-dealkylation sites (tertiary alicyclic amines) is 1. The van der Waals surface area contributed by atoms with Crippen molar-refractivity contribution in [3.8, 4) is 0 Å². The predicted octanol–water partition coefficient (Wildman–Crippen LogP) is 3.74. The minimum absolute atomic E-state index is 0.0728. The van der Waals surface area contributed by atoms with Gasteiger partial charge in [0.25, 0.3) is 0 Å². The van der Waals surface area contributed by atoms with Crippen molar-refractivity contribution in [3.63, 3.8) is 0 Å². The Labute approximate surface area is 204 Å². The second kappa shape index (κ2) is 12.3. The number of amides is 1. The Morgan fingerprint density at radius 1 is 1.15 bits per heavy atom. The molecule has 1 amide bonds. The standard InChI is InChI=1S/C27H42N2O5/c1-8-12-22(18(2)28-19(3)30)23(15-20-13-10-9-11-14-20)29-17-21(25(31)33-7)16-24(29)26(32)34-27(4,5)6/h9-11,13-14,18,21-24H,8,12,15-17H2,1-7H3,(H,28,30)/t18?,21?,22-,23-,24?/m0/s1. The number of carbonyl (C=O) groups is 3. The molecule has 0 bridgehead atoms. The van der Waals surface area contributed by atoms with Crippen molar-refractivity contribution < 1.29 is 23.9 Å². The summed E-state index contributed by atoms with van der Waals surface area (Å²) in [5.74, 6) is -1.03. The van der Waals surface area contributed by atoms with E-state index in [1.807, 2.05) is 45.9 Å². The molecule has 0 saturated carbocycles. The van der Waals surface area contributed by atoms with Gasteiger partial charge in [0.2, 0.25) is 5.91 Å². The summed E-state index contributed by atoms with van der Waals surface area (Å²) >= 11 is 0. The van der Waals surface area contributed by atoms with Crippen LogP contribution in [-0.2, 0) is 30.3 Å². The molecule has 1 aromatic carbocycles. The van der Waals surface area contributed by atoms with Gasteiger partial charge in [-0.25, -0.2) is 0 Å². The summed E-state index contributed by atoms with van der Waals surface area (Å²) in [5, 5.41) is 3.07. The van der Waals surface area contributed by atoms with Gasteiger partial charge in [-0.05, 0) is 58.4 Å². The Bertz CT molecular complexity index is 820. The maximum Gasteiger partial charge on any atom is 0.323 e. The fraction of sp³-hybridized carbons (Fsp3) is 0.667. The van der Waals surface area contributed by atoms with Crippen LogP contribution < -0.4 is 5.32 Å². The van der Waals surface area contributed by atoms with Gasteiger partial charge in [-0.2, -0.15) is 0 Å². The van der Waals surface area contributed by atoms with Crippen LogP contribution in [0.15, 0.2) is 30.3 Å². The minimum Gasteiger partial charge on any atom is -0.469 e. The molecule has 1 saturated heterocycles. The van der Waals surface area contributed by atoms with Crippen molar-refractivity contribution in [2.24, 2.45) is 11.8 Å². The minimum atomic E-state index is -0.632. The van der Waals surface area contributed by atoms with Crippen LogP contribution in [0.1, 0.15) is 66.4 Å². The number of benzene rings is 1. The van der Waals surface area contributed by atoms with Gasteiger partial charge in [0, 0.05) is 25.6 Å².